The van der Waals surface area contributed by atoms with Crippen molar-refractivity contribution < 1.29 is 19.1 Å². The third kappa shape index (κ3) is 8.84. The maximum absolute atomic E-state index is 14.1. The zero-order valence-electron chi connectivity index (χ0n) is 28.2. The highest BCUT2D eigenvalue weighted by molar-refractivity contribution is 5.94. The molecule has 1 saturated carbocycles. The monoisotopic (exact) mass is 610 g/mol. The standard InChI is InChI=1S/C39H50N2O4/c1-26-23-28(20-22-32(26)30-17-13-10-14-18-30)19-21-31-24-39(31,25-33(42)45-38(6,7)8)36(44)41-34(37(3,4)5)35(43)40-27(2)29-15-11-9-12-16-29/h9-18,20,22-23,27,31,34H,19,21,24-25H2,1-8H3,(H,40,43)(H,41,44)/t27-,31-,34-,39-/m1/s1. The molecule has 1 aliphatic carbocycles. The predicted molar refractivity (Wildman–Crippen MR) is 180 cm³/mol. The van der Waals surface area contributed by atoms with Gasteiger partial charge in [0.15, 0.2) is 0 Å². The summed E-state index contributed by atoms with van der Waals surface area (Å²) in [6.45, 7) is 15.4. The molecule has 45 heavy (non-hydrogen) atoms. The van der Waals surface area contributed by atoms with Crippen LogP contribution in [-0.2, 0) is 25.5 Å². The molecule has 0 aromatic heterocycles. The van der Waals surface area contributed by atoms with Crippen molar-refractivity contribution in [3.05, 3.63) is 95.6 Å². The third-order valence-electron chi connectivity index (χ3n) is 8.78. The fraction of sp³-hybridized carbons (Fsp3) is 0.462. The van der Waals surface area contributed by atoms with Crippen LogP contribution in [0.2, 0.25) is 0 Å². The van der Waals surface area contributed by atoms with E-state index in [2.05, 4.69) is 47.9 Å². The first kappa shape index (κ1) is 34.0. The molecule has 0 unspecified atom stereocenters. The number of benzene rings is 3. The molecule has 0 aliphatic heterocycles. The maximum atomic E-state index is 14.1. The Labute approximate surface area is 269 Å². The molecule has 1 aliphatic rings. The van der Waals surface area contributed by atoms with Gasteiger partial charge in [0.1, 0.15) is 11.6 Å². The van der Waals surface area contributed by atoms with Crippen LogP contribution < -0.4 is 10.6 Å². The molecule has 1 fully saturated rings. The lowest BCUT2D eigenvalue weighted by Gasteiger charge is -2.33. The fourth-order valence-electron chi connectivity index (χ4n) is 6.20. The molecule has 0 spiro atoms. The van der Waals surface area contributed by atoms with Crippen LogP contribution in [0.4, 0.5) is 0 Å². The van der Waals surface area contributed by atoms with Gasteiger partial charge in [-0.3, -0.25) is 14.4 Å². The van der Waals surface area contributed by atoms with Crippen molar-refractivity contribution in [3.63, 3.8) is 0 Å². The summed E-state index contributed by atoms with van der Waals surface area (Å²) in [5.74, 6) is -0.883. The topological polar surface area (TPSA) is 84.5 Å². The van der Waals surface area contributed by atoms with Gasteiger partial charge in [0.2, 0.25) is 11.8 Å². The maximum Gasteiger partial charge on any atom is 0.307 e. The number of nitrogens with one attached hydrogen (secondary N) is 2. The molecule has 2 N–H and O–H groups in total. The highest BCUT2D eigenvalue weighted by Gasteiger charge is 2.61. The van der Waals surface area contributed by atoms with E-state index in [1.165, 1.54) is 22.3 Å². The molecule has 0 heterocycles. The molecule has 0 radical (unpaired) electrons. The van der Waals surface area contributed by atoms with Crippen LogP contribution in [0.25, 0.3) is 11.1 Å². The van der Waals surface area contributed by atoms with E-state index >= 15 is 0 Å². The highest BCUT2D eigenvalue weighted by Crippen LogP contribution is 2.58. The minimum Gasteiger partial charge on any atom is -0.460 e. The lowest BCUT2D eigenvalue weighted by Crippen LogP contribution is -2.55. The van der Waals surface area contributed by atoms with Crippen molar-refractivity contribution in [2.75, 3.05) is 0 Å². The van der Waals surface area contributed by atoms with E-state index in [1.807, 2.05) is 97.0 Å². The van der Waals surface area contributed by atoms with E-state index in [0.717, 1.165) is 18.4 Å². The summed E-state index contributed by atoms with van der Waals surface area (Å²) in [4.78, 5) is 40.8. The van der Waals surface area contributed by atoms with Crippen LogP contribution in [0.15, 0.2) is 78.9 Å². The van der Waals surface area contributed by atoms with Gasteiger partial charge in [0.25, 0.3) is 0 Å². The van der Waals surface area contributed by atoms with Gasteiger partial charge in [-0.25, -0.2) is 0 Å². The zero-order valence-corrected chi connectivity index (χ0v) is 28.2. The summed E-state index contributed by atoms with van der Waals surface area (Å²) in [6.07, 6.45) is 2.13. The molecule has 240 valence electrons. The Morgan fingerprint density at radius 2 is 1.51 bits per heavy atom. The first-order chi connectivity index (χ1) is 21.1. The van der Waals surface area contributed by atoms with Crippen molar-refractivity contribution in [2.45, 2.75) is 98.8 Å². The lowest BCUT2D eigenvalue weighted by molar-refractivity contribution is -0.158. The second-order valence-corrected chi connectivity index (χ2v) is 14.8. The Bertz CT molecular complexity index is 1490. The van der Waals surface area contributed by atoms with Gasteiger partial charge >= 0.3 is 5.97 Å². The van der Waals surface area contributed by atoms with E-state index in [0.29, 0.717) is 6.42 Å². The van der Waals surface area contributed by atoms with E-state index in [1.54, 1.807) is 0 Å². The summed E-state index contributed by atoms with van der Waals surface area (Å²) >= 11 is 0. The van der Waals surface area contributed by atoms with Gasteiger partial charge < -0.3 is 15.4 Å². The summed E-state index contributed by atoms with van der Waals surface area (Å²) in [6, 6.07) is 25.6. The van der Waals surface area contributed by atoms with Gasteiger partial charge in [-0.15, -0.1) is 0 Å². The van der Waals surface area contributed by atoms with Crippen LogP contribution >= 0.6 is 0 Å². The molecule has 4 atom stereocenters. The Morgan fingerprint density at radius 1 is 0.889 bits per heavy atom. The third-order valence-corrected chi connectivity index (χ3v) is 8.78. The highest BCUT2D eigenvalue weighted by atomic mass is 16.6. The SMILES string of the molecule is Cc1cc(CC[C@@H]2C[C@]2(CC(=O)OC(C)(C)C)C(=O)N[C@H](C(=O)N[C@H](C)c2ccccc2)C(C)(C)C)ccc1-c1ccccc1. The molecule has 2 amide bonds. The molecule has 3 aromatic rings. The van der Waals surface area contributed by atoms with Gasteiger partial charge in [-0.1, -0.05) is 99.6 Å². The largest absolute Gasteiger partial charge is 0.460 e. The summed E-state index contributed by atoms with van der Waals surface area (Å²) < 4.78 is 5.67. The number of aryl methyl sites for hydroxylation is 2. The number of rotatable bonds is 11. The molecule has 6 heteroatoms. The second-order valence-electron chi connectivity index (χ2n) is 14.8. The Hall–Kier alpha value is -3.93. The zero-order chi connectivity index (χ0) is 33.0. The summed E-state index contributed by atoms with van der Waals surface area (Å²) in [7, 11) is 0. The van der Waals surface area contributed by atoms with Crippen LogP contribution in [0.3, 0.4) is 0 Å². The predicted octanol–water partition coefficient (Wildman–Crippen LogP) is 7.74. The van der Waals surface area contributed by atoms with E-state index in [9.17, 15) is 14.4 Å². The Morgan fingerprint density at radius 3 is 2.09 bits per heavy atom. The van der Waals surface area contributed by atoms with Crippen LogP contribution in [0.5, 0.6) is 0 Å². The van der Waals surface area contributed by atoms with Crippen molar-refractivity contribution in [2.24, 2.45) is 16.7 Å². The number of hydrogen-bond acceptors (Lipinski definition) is 4. The lowest BCUT2D eigenvalue weighted by atomic mass is 9.84. The minimum atomic E-state index is -0.907. The second kappa shape index (κ2) is 13.6. The molecular formula is C39H50N2O4. The molecule has 0 bridgehead atoms. The number of ether oxygens (including phenoxy) is 1. The van der Waals surface area contributed by atoms with Crippen molar-refractivity contribution >= 4 is 17.8 Å². The molecule has 4 rings (SSSR count). The van der Waals surface area contributed by atoms with Gasteiger partial charge in [-0.05, 0) is 93.0 Å². The summed E-state index contributed by atoms with van der Waals surface area (Å²) in [5, 5.41) is 6.17. The smallest absolute Gasteiger partial charge is 0.307 e. The van der Waals surface area contributed by atoms with Gasteiger partial charge in [0.05, 0.1) is 17.9 Å². The molecule has 3 aromatic carbocycles. The normalized spacial score (nSPS) is 19.2. The van der Waals surface area contributed by atoms with Crippen molar-refractivity contribution in [1.29, 1.82) is 0 Å². The number of amides is 2. The minimum absolute atomic E-state index is 0.00560. The average molecular weight is 611 g/mol. The van der Waals surface area contributed by atoms with Crippen LogP contribution in [0.1, 0.15) is 90.5 Å². The molecule has 0 saturated heterocycles. The van der Waals surface area contributed by atoms with E-state index in [4.69, 9.17) is 4.74 Å². The fourth-order valence-corrected chi connectivity index (χ4v) is 6.20. The first-order valence-corrected chi connectivity index (χ1v) is 16.1. The average Bonchev–Trinajstić information content (AvgIpc) is 3.67. The Kier molecular flexibility index (Phi) is 10.3. The van der Waals surface area contributed by atoms with Crippen LogP contribution in [-0.4, -0.2) is 29.4 Å². The number of hydrogen-bond donors (Lipinski definition) is 2. The molecular weight excluding hydrogens is 560 g/mol. The number of esters is 1. The van der Waals surface area contributed by atoms with Gasteiger partial charge in [-0.2, -0.15) is 0 Å². The summed E-state index contributed by atoms with van der Waals surface area (Å²) in [5.41, 5.74) is 3.68. The van der Waals surface area contributed by atoms with Crippen LogP contribution in [0, 0.1) is 23.7 Å². The Balaban J connectivity index is 1.50. The molecule has 6 nitrogen and oxygen atoms in total. The quantitative estimate of drug-likeness (QED) is 0.218. The van der Waals surface area contributed by atoms with Crippen molar-refractivity contribution in [3.8, 4) is 11.1 Å². The van der Waals surface area contributed by atoms with Crippen molar-refractivity contribution in [1.82, 2.24) is 10.6 Å². The van der Waals surface area contributed by atoms with E-state index in [-0.39, 0.29) is 30.2 Å². The van der Waals surface area contributed by atoms with E-state index < -0.39 is 28.4 Å². The number of carbonyl (C=O) groups excluding carboxylic acids is 3. The first-order valence-electron chi connectivity index (χ1n) is 16.1. The van der Waals surface area contributed by atoms with Gasteiger partial charge in [0, 0.05) is 0 Å². The number of carbonyl (C=O) groups is 3.